The number of pyridine rings is 1. The summed E-state index contributed by atoms with van der Waals surface area (Å²) in [7, 11) is 0. The first-order valence-corrected chi connectivity index (χ1v) is 8.58. The zero-order valence-electron chi connectivity index (χ0n) is 13.6. The molecule has 4 rings (SSSR count). The molecule has 4 heteroatoms. The summed E-state index contributed by atoms with van der Waals surface area (Å²) in [6.07, 6.45) is 7.43. The van der Waals surface area contributed by atoms with Crippen LogP contribution in [0.2, 0.25) is 0 Å². The quantitative estimate of drug-likeness (QED) is 0.797. The fourth-order valence-electron chi connectivity index (χ4n) is 3.65. The van der Waals surface area contributed by atoms with E-state index in [1.807, 2.05) is 53.7 Å². The number of fused-ring (bicyclic) bond motifs is 1. The number of nitrogens with one attached hydrogen (secondary N) is 1. The van der Waals surface area contributed by atoms with E-state index in [2.05, 4.69) is 16.0 Å². The molecule has 1 atom stereocenters. The summed E-state index contributed by atoms with van der Waals surface area (Å²) in [5, 5.41) is 1.14. The molecule has 0 unspecified atom stereocenters. The molecule has 0 bridgehead atoms. The van der Waals surface area contributed by atoms with Gasteiger partial charge in [0, 0.05) is 29.8 Å². The van der Waals surface area contributed by atoms with Gasteiger partial charge in [-0.2, -0.15) is 0 Å². The first-order chi connectivity index (χ1) is 11.8. The normalized spacial score (nSPS) is 18.0. The minimum Gasteiger partial charge on any atom is -0.361 e. The molecule has 3 aromatic rings. The molecule has 0 aliphatic carbocycles. The second-order valence-electron chi connectivity index (χ2n) is 6.39. The van der Waals surface area contributed by atoms with Crippen LogP contribution in [0.1, 0.15) is 36.6 Å². The van der Waals surface area contributed by atoms with E-state index < -0.39 is 0 Å². The largest absolute Gasteiger partial charge is 0.361 e. The van der Waals surface area contributed by atoms with Gasteiger partial charge >= 0.3 is 0 Å². The van der Waals surface area contributed by atoms with Crippen molar-refractivity contribution in [3.8, 4) is 0 Å². The lowest BCUT2D eigenvalue weighted by Crippen LogP contribution is -2.39. The van der Waals surface area contributed by atoms with E-state index in [1.165, 1.54) is 0 Å². The number of hydrogen-bond donors (Lipinski definition) is 1. The Hall–Kier alpha value is -2.62. The molecule has 1 N–H and O–H groups in total. The molecule has 1 saturated heterocycles. The van der Waals surface area contributed by atoms with Crippen molar-refractivity contribution in [2.24, 2.45) is 0 Å². The fourth-order valence-corrected chi connectivity index (χ4v) is 3.65. The van der Waals surface area contributed by atoms with E-state index in [-0.39, 0.29) is 11.9 Å². The molecule has 3 heterocycles. The fraction of sp³-hybridized carbons (Fsp3) is 0.300. The minimum absolute atomic E-state index is 0.109. The molecular weight excluding hydrogens is 298 g/mol. The Balaban J connectivity index is 1.58. The summed E-state index contributed by atoms with van der Waals surface area (Å²) >= 11 is 0. The Bertz CT molecular complexity index is 840. The number of likely N-dealkylation sites (tertiary alicyclic amines) is 1. The highest BCUT2D eigenvalue weighted by molar-refractivity contribution is 5.89. The molecule has 1 amide bonds. The van der Waals surface area contributed by atoms with Gasteiger partial charge in [-0.1, -0.05) is 24.3 Å². The Labute approximate surface area is 141 Å². The summed E-state index contributed by atoms with van der Waals surface area (Å²) in [5.74, 6) is 0.190. The molecule has 1 aliphatic heterocycles. The smallest absolute Gasteiger partial charge is 0.227 e. The van der Waals surface area contributed by atoms with Crippen molar-refractivity contribution in [3.05, 3.63) is 66.1 Å². The molecule has 1 aliphatic rings. The van der Waals surface area contributed by atoms with E-state index in [1.54, 1.807) is 0 Å². The molecule has 122 valence electrons. The Kier molecular flexibility index (Phi) is 4.03. The van der Waals surface area contributed by atoms with Crippen molar-refractivity contribution in [1.29, 1.82) is 0 Å². The van der Waals surface area contributed by atoms with Gasteiger partial charge in [0.25, 0.3) is 0 Å². The second kappa shape index (κ2) is 6.48. The molecular formula is C20H21N3O. The summed E-state index contributed by atoms with van der Waals surface area (Å²) in [6, 6.07) is 14.2. The molecule has 0 saturated carbocycles. The van der Waals surface area contributed by atoms with Gasteiger partial charge in [-0.05, 0) is 43.0 Å². The number of aromatic nitrogens is 2. The zero-order chi connectivity index (χ0) is 16.4. The zero-order valence-corrected chi connectivity index (χ0v) is 13.6. The lowest BCUT2D eigenvalue weighted by Gasteiger charge is -2.35. The van der Waals surface area contributed by atoms with Crippen molar-refractivity contribution < 1.29 is 4.79 Å². The number of carbonyl (C=O) groups excluding carboxylic acids is 1. The predicted octanol–water partition coefficient (Wildman–Crippen LogP) is 3.86. The van der Waals surface area contributed by atoms with Gasteiger partial charge in [0.1, 0.15) is 0 Å². The van der Waals surface area contributed by atoms with E-state index in [0.717, 1.165) is 48.0 Å². The van der Waals surface area contributed by atoms with Crippen LogP contribution in [-0.2, 0) is 11.2 Å². The number of carbonyl (C=O) groups is 1. The number of para-hydroxylation sites is 1. The molecule has 0 spiro atoms. The van der Waals surface area contributed by atoms with Crippen LogP contribution in [0.15, 0.2) is 54.9 Å². The van der Waals surface area contributed by atoms with Crippen molar-refractivity contribution in [2.45, 2.75) is 31.7 Å². The van der Waals surface area contributed by atoms with Crippen LogP contribution in [0.3, 0.4) is 0 Å². The van der Waals surface area contributed by atoms with Crippen molar-refractivity contribution >= 4 is 16.8 Å². The number of benzene rings is 1. The maximum absolute atomic E-state index is 13.0. The monoisotopic (exact) mass is 319 g/mol. The highest BCUT2D eigenvalue weighted by Crippen LogP contribution is 2.30. The highest BCUT2D eigenvalue weighted by Gasteiger charge is 2.28. The topological polar surface area (TPSA) is 49.0 Å². The van der Waals surface area contributed by atoms with Gasteiger partial charge in [0.15, 0.2) is 0 Å². The third-order valence-corrected chi connectivity index (χ3v) is 4.87. The lowest BCUT2D eigenvalue weighted by molar-refractivity contribution is -0.134. The van der Waals surface area contributed by atoms with Gasteiger partial charge in [0.05, 0.1) is 18.2 Å². The number of nitrogens with zero attached hydrogens (tertiary/aromatic N) is 2. The highest BCUT2D eigenvalue weighted by atomic mass is 16.2. The molecule has 0 radical (unpaired) electrons. The van der Waals surface area contributed by atoms with Gasteiger partial charge in [-0.25, -0.2) is 0 Å². The third-order valence-electron chi connectivity index (χ3n) is 4.87. The Morgan fingerprint density at radius 3 is 2.92 bits per heavy atom. The van der Waals surface area contributed by atoms with Crippen LogP contribution in [0.5, 0.6) is 0 Å². The van der Waals surface area contributed by atoms with E-state index in [9.17, 15) is 4.79 Å². The van der Waals surface area contributed by atoms with Crippen LogP contribution in [0, 0.1) is 0 Å². The third kappa shape index (κ3) is 2.80. The average molecular weight is 319 g/mol. The summed E-state index contributed by atoms with van der Waals surface area (Å²) in [4.78, 5) is 22.7. The van der Waals surface area contributed by atoms with Crippen LogP contribution in [-0.4, -0.2) is 27.3 Å². The maximum Gasteiger partial charge on any atom is 0.227 e. The van der Waals surface area contributed by atoms with Gasteiger partial charge in [-0.3, -0.25) is 9.78 Å². The summed E-state index contributed by atoms with van der Waals surface area (Å²) < 4.78 is 0. The Morgan fingerprint density at radius 1 is 1.17 bits per heavy atom. The lowest BCUT2D eigenvalue weighted by atomic mass is 9.97. The number of hydrogen-bond acceptors (Lipinski definition) is 2. The number of amides is 1. The van der Waals surface area contributed by atoms with Crippen molar-refractivity contribution in [2.75, 3.05) is 6.54 Å². The second-order valence-corrected chi connectivity index (χ2v) is 6.39. The van der Waals surface area contributed by atoms with E-state index >= 15 is 0 Å². The van der Waals surface area contributed by atoms with Crippen molar-refractivity contribution in [1.82, 2.24) is 14.9 Å². The van der Waals surface area contributed by atoms with Gasteiger partial charge in [-0.15, -0.1) is 0 Å². The molecule has 2 aromatic heterocycles. The van der Waals surface area contributed by atoms with Crippen LogP contribution >= 0.6 is 0 Å². The number of aromatic amines is 1. The van der Waals surface area contributed by atoms with E-state index in [4.69, 9.17) is 0 Å². The van der Waals surface area contributed by atoms with E-state index in [0.29, 0.717) is 6.42 Å². The molecule has 4 nitrogen and oxygen atoms in total. The van der Waals surface area contributed by atoms with Gasteiger partial charge in [0.2, 0.25) is 5.91 Å². The minimum atomic E-state index is 0.109. The summed E-state index contributed by atoms with van der Waals surface area (Å²) in [6.45, 7) is 0.822. The maximum atomic E-state index is 13.0. The summed E-state index contributed by atoms with van der Waals surface area (Å²) in [5.41, 5.74) is 3.16. The van der Waals surface area contributed by atoms with Gasteiger partial charge < -0.3 is 9.88 Å². The van der Waals surface area contributed by atoms with Crippen LogP contribution < -0.4 is 0 Å². The Morgan fingerprint density at radius 2 is 2.04 bits per heavy atom. The SMILES string of the molecule is O=C(Cc1c[nH]c2ccccc12)N1CCCC[C@@H]1c1ccccn1. The first-order valence-electron chi connectivity index (χ1n) is 8.58. The molecule has 1 fully saturated rings. The van der Waals surface area contributed by atoms with Crippen LogP contribution in [0.25, 0.3) is 10.9 Å². The standard InChI is InChI=1S/C20H21N3O/c24-20(13-15-14-22-17-8-2-1-7-16(15)17)23-12-6-4-10-19(23)18-9-3-5-11-21-18/h1-3,5,7-9,11,14,19,22H,4,6,10,12-13H2/t19-/m1/s1. The predicted molar refractivity (Wildman–Crippen MR) is 94.5 cm³/mol. The first kappa shape index (κ1) is 14.9. The number of H-pyrrole nitrogens is 1. The molecule has 1 aromatic carbocycles. The average Bonchev–Trinajstić information content (AvgIpc) is 3.05. The molecule has 24 heavy (non-hydrogen) atoms. The van der Waals surface area contributed by atoms with Crippen molar-refractivity contribution in [3.63, 3.8) is 0 Å². The number of rotatable bonds is 3. The van der Waals surface area contributed by atoms with Crippen LogP contribution in [0.4, 0.5) is 0 Å². The number of piperidine rings is 1.